The zero-order chi connectivity index (χ0) is 28.6. The molecule has 1 aromatic rings. The highest BCUT2D eigenvalue weighted by Crippen LogP contribution is 2.30. The Bertz CT molecular complexity index is 925. The maximum atomic E-state index is 12.2. The Hall–Kier alpha value is -3.10. The predicted molar refractivity (Wildman–Crippen MR) is 120 cm³/mol. The molecule has 15 heteroatoms. The van der Waals surface area contributed by atoms with Gasteiger partial charge in [0.25, 0.3) is 5.91 Å². The molecule has 1 aliphatic heterocycles. The molecule has 0 atom stereocenters. The van der Waals surface area contributed by atoms with E-state index in [2.05, 4.69) is 29.4 Å². The average Bonchev–Trinajstić information content (AvgIpc) is 3.60. The minimum Gasteiger partial charge on any atom is -0.475 e. The normalized spacial score (nSPS) is 15.7. The van der Waals surface area contributed by atoms with E-state index in [1.54, 1.807) is 7.05 Å². The van der Waals surface area contributed by atoms with E-state index in [0.717, 1.165) is 37.5 Å². The van der Waals surface area contributed by atoms with Crippen LogP contribution in [0.3, 0.4) is 0 Å². The van der Waals surface area contributed by atoms with Crippen LogP contribution in [0, 0.1) is 5.92 Å². The number of carboxylic acids is 2. The van der Waals surface area contributed by atoms with Crippen LogP contribution in [0.5, 0.6) is 0 Å². The number of aliphatic carboxylic acids is 2. The van der Waals surface area contributed by atoms with E-state index in [-0.39, 0.29) is 11.9 Å². The molecule has 1 aliphatic carbocycles. The van der Waals surface area contributed by atoms with Crippen LogP contribution in [0.25, 0.3) is 0 Å². The second-order valence-electron chi connectivity index (χ2n) is 8.72. The van der Waals surface area contributed by atoms with Gasteiger partial charge in [0, 0.05) is 44.8 Å². The zero-order valence-electron chi connectivity index (χ0n) is 20.5. The van der Waals surface area contributed by atoms with Crippen molar-refractivity contribution in [1.82, 2.24) is 15.2 Å². The van der Waals surface area contributed by atoms with Gasteiger partial charge in [0.15, 0.2) is 0 Å². The Morgan fingerprint density at radius 1 is 1.03 bits per heavy atom. The first-order valence-electron chi connectivity index (χ1n) is 11.3. The molecule has 210 valence electrons. The second-order valence-corrected chi connectivity index (χ2v) is 8.72. The molecule has 1 fully saturated rings. The van der Waals surface area contributed by atoms with E-state index >= 15 is 0 Å². The lowest BCUT2D eigenvalue weighted by Gasteiger charge is -2.18. The van der Waals surface area contributed by atoms with Gasteiger partial charge in [-0.1, -0.05) is 0 Å². The molecule has 1 saturated carbocycles. The van der Waals surface area contributed by atoms with Crippen molar-refractivity contribution in [3.8, 4) is 0 Å². The molecule has 0 radical (unpaired) electrons. The molecule has 37 heavy (non-hydrogen) atoms. The largest absolute Gasteiger partial charge is 0.490 e. The number of nitrogens with zero attached hydrogens (tertiary/aromatic N) is 2. The number of amides is 1. The maximum absolute atomic E-state index is 12.2. The highest BCUT2D eigenvalue weighted by molar-refractivity contribution is 5.98. The fourth-order valence-electron chi connectivity index (χ4n) is 3.22. The smallest absolute Gasteiger partial charge is 0.475 e. The number of hydrogen-bond donors (Lipinski definition) is 4. The number of pyridine rings is 1. The monoisotopic (exact) mass is 544 g/mol. The van der Waals surface area contributed by atoms with E-state index < -0.39 is 24.3 Å². The van der Waals surface area contributed by atoms with Crippen LogP contribution in [-0.4, -0.2) is 83.0 Å². The van der Waals surface area contributed by atoms with Gasteiger partial charge in [0.1, 0.15) is 5.82 Å². The first-order chi connectivity index (χ1) is 16.9. The fourth-order valence-corrected chi connectivity index (χ4v) is 3.22. The predicted octanol–water partition coefficient (Wildman–Crippen LogP) is 3.34. The molecular weight excluding hydrogens is 514 g/mol. The molecule has 0 spiro atoms. The Kier molecular flexibility index (Phi) is 11.6. The van der Waals surface area contributed by atoms with E-state index in [4.69, 9.17) is 24.8 Å². The SMILES string of the molecule is CNC(=O)c1cc2c(nc1NC(C)C)CCN(CC1CC1)CC2.O=C(O)C(F)(F)F.O=C(O)C(F)(F)F. The van der Waals surface area contributed by atoms with E-state index in [9.17, 15) is 31.1 Å². The van der Waals surface area contributed by atoms with Crippen molar-refractivity contribution in [2.45, 2.75) is 57.9 Å². The summed E-state index contributed by atoms with van der Waals surface area (Å²) >= 11 is 0. The first-order valence-corrected chi connectivity index (χ1v) is 11.3. The topological polar surface area (TPSA) is 132 Å². The lowest BCUT2D eigenvalue weighted by molar-refractivity contribution is -0.193. The van der Waals surface area contributed by atoms with Crippen LogP contribution in [0.1, 0.15) is 48.3 Å². The number of nitrogens with one attached hydrogen (secondary N) is 2. The van der Waals surface area contributed by atoms with Crippen LogP contribution >= 0.6 is 0 Å². The highest BCUT2D eigenvalue weighted by Gasteiger charge is 2.38. The van der Waals surface area contributed by atoms with Gasteiger partial charge < -0.3 is 25.7 Å². The number of carbonyl (C=O) groups is 3. The summed E-state index contributed by atoms with van der Waals surface area (Å²) in [5.41, 5.74) is 3.05. The number of carbonyl (C=O) groups excluding carboxylic acids is 1. The van der Waals surface area contributed by atoms with E-state index in [0.29, 0.717) is 11.4 Å². The molecule has 0 bridgehead atoms. The van der Waals surface area contributed by atoms with Gasteiger partial charge in [-0.15, -0.1) is 0 Å². The Morgan fingerprint density at radius 2 is 1.51 bits per heavy atom. The first kappa shape index (κ1) is 31.9. The average molecular weight is 544 g/mol. The summed E-state index contributed by atoms with van der Waals surface area (Å²) in [6.07, 6.45) is -5.42. The maximum Gasteiger partial charge on any atom is 0.490 e. The number of halogens is 6. The molecule has 0 aromatic carbocycles. The van der Waals surface area contributed by atoms with Crippen molar-refractivity contribution < 1.29 is 50.9 Å². The molecule has 2 aliphatic rings. The number of rotatable bonds is 5. The summed E-state index contributed by atoms with van der Waals surface area (Å²) < 4.78 is 63.5. The van der Waals surface area contributed by atoms with Crippen LogP contribution in [0.4, 0.5) is 32.2 Å². The van der Waals surface area contributed by atoms with Gasteiger partial charge in [-0.2, -0.15) is 26.3 Å². The molecule has 2 heterocycles. The van der Waals surface area contributed by atoms with Gasteiger partial charge in [-0.25, -0.2) is 14.6 Å². The lowest BCUT2D eigenvalue weighted by atomic mass is 10.0. The molecular formula is C22H30F6N4O5. The Labute approximate surface area is 209 Å². The number of hydrogen-bond acceptors (Lipinski definition) is 6. The molecule has 1 amide bonds. The fraction of sp³-hybridized carbons (Fsp3) is 0.636. The molecule has 4 N–H and O–H groups in total. The second kappa shape index (κ2) is 13.4. The zero-order valence-corrected chi connectivity index (χ0v) is 20.5. The molecule has 1 aromatic heterocycles. The van der Waals surface area contributed by atoms with Crippen LogP contribution < -0.4 is 10.6 Å². The summed E-state index contributed by atoms with van der Waals surface area (Å²) in [5.74, 6) is -3.94. The molecule has 3 rings (SSSR count). The number of anilines is 1. The van der Waals surface area contributed by atoms with Gasteiger partial charge in [0.2, 0.25) is 0 Å². The molecule has 0 saturated heterocycles. The summed E-state index contributed by atoms with van der Waals surface area (Å²) in [6, 6.07) is 2.30. The van der Waals surface area contributed by atoms with Crippen molar-refractivity contribution in [2.75, 3.05) is 32.0 Å². The van der Waals surface area contributed by atoms with Crippen molar-refractivity contribution in [2.24, 2.45) is 5.92 Å². The summed E-state index contributed by atoms with van der Waals surface area (Å²) in [7, 11) is 1.67. The van der Waals surface area contributed by atoms with Gasteiger partial charge >= 0.3 is 24.3 Å². The quantitative estimate of drug-likeness (QED) is 0.415. The van der Waals surface area contributed by atoms with Crippen molar-refractivity contribution >= 4 is 23.7 Å². The summed E-state index contributed by atoms with van der Waals surface area (Å²) in [6.45, 7) is 7.52. The lowest BCUT2D eigenvalue weighted by Crippen LogP contribution is -2.28. The van der Waals surface area contributed by atoms with Gasteiger partial charge in [0.05, 0.1) is 5.56 Å². The minimum atomic E-state index is -5.08. The van der Waals surface area contributed by atoms with E-state index in [1.807, 2.05) is 6.07 Å². The van der Waals surface area contributed by atoms with Crippen LogP contribution in [0.2, 0.25) is 0 Å². The molecule has 0 unspecified atom stereocenters. The highest BCUT2D eigenvalue weighted by atomic mass is 19.4. The number of alkyl halides is 6. The van der Waals surface area contributed by atoms with Gasteiger partial charge in [-0.05, 0) is 50.7 Å². The van der Waals surface area contributed by atoms with E-state index in [1.165, 1.54) is 24.9 Å². The van der Waals surface area contributed by atoms with Crippen molar-refractivity contribution in [3.63, 3.8) is 0 Å². The number of aromatic nitrogens is 1. The minimum absolute atomic E-state index is 0.0671. The van der Waals surface area contributed by atoms with Crippen molar-refractivity contribution in [3.05, 3.63) is 22.9 Å². The Morgan fingerprint density at radius 3 is 1.92 bits per heavy atom. The Balaban J connectivity index is 0.000000404. The third-order valence-corrected chi connectivity index (χ3v) is 5.15. The standard InChI is InChI=1S/C18H28N4O.2C2HF3O2/c1-12(2)20-17-15(18(23)19-3)10-14-6-8-22(11-13-4-5-13)9-7-16(14)21-17;2*3-2(4,5)1(6)7/h10,12-13H,4-9,11H2,1-3H3,(H,19,23)(H,20,21);2*(H,6,7). The van der Waals surface area contributed by atoms with Gasteiger partial charge in [-0.3, -0.25) is 4.79 Å². The van der Waals surface area contributed by atoms with Crippen LogP contribution in [-0.2, 0) is 22.4 Å². The summed E-state index contributed by atoms with van der Waals surface area (Å²) in [4.78, 5) is 37.4. The molecule has 9 nitrogen and oxygen atoms in total. The van der Waals surface area contributed by atoms with Crippen LogP contribution in [0.15, 0.2) is 6.07 Å². The number of fused-ring (bicyclic) bond motifs is 1. The third-order valence-electron chi connectivity index (χ3n) is 5.15. The summed E-state index contributed by atoms with van der Waals surface area (Å²) in [5, 5.41) is 20.3. The van der Waals surface area contributed by atoms with Crippen molar-refractivity contribution in [1.29, 1.82) is 0 Å². The third kappa shape index (κ3) is 11.7. The number of carboxylic acid groups (broad SMARTS) is 2.